The van der Waals surface area contributed by atoms with Crippen LogP contribution >= 0.6 is 7.92 Å². The van der Waals surface area contributed by atoms with Gasteiger partial charge in [-0.2, -0.15) is 13.2 Å². The topological polar surface area (TPSA) is 17.1 Å². The van der Waals surface area contributed by atoms with Crippen molar-refractivity contribution in [3.63, 3.8) is 0 Å². The molecule has 0 N–H and O–H groups in total. The van der Waals surface area contributed by atoms with Crippen LogP contribution in [0, 0.1) is 13.8 Å². The van der Waals surface area contributed by atoms with Gasteiger partial charge in [0.25, 0.3) is 0 Å². The number of hydrogen-bond donors (Lipinski definition) is 0. The van der Waals surface area contributed by atoms with Crippen molar-refractivity contribution < 1.29 is 18.0 Å². The molecule has 1 unspecified atom stereocenters. The first-order valence-electron chi connectivity index (χ1n) is 6.34. The Hall–Kier alpha value is -1.07. The second-order valence-corrected chi connectivity index (χ2v) is 6.83. The van der Waals surface area contributed by atoms with Gasteiger partial charge >= 0.3 is 24.8 Å². The van der Waals surface area contributed by atoms with Crippen LogP contribution in [0.15, 0.2) is 48.5 Å². The Morgan fingerprint density at radius 3 is 2.09 bits per heavy atom. The van der Waals surface area contributed by atoms with Gasteiger partial charge in [0.05, 0.1) is 0 Å². The van der Waals surface area contributed by atoms with E-state index in [1.807, 2.05) is 6.92 Å². The van der Waals surface area contributed by atoms with Crippen molar-refractivity contribution in [3.8, 4) is 0 Å². The molecule has 2 aromatic rings. The fourth-order valence-corrected chi connectivity index (χ4v) is 3.90. The molecule has 0 saturated carbocycles. The third kappa shape index (κ3) is 4.23. The van der Waals surface area contributed by atoms with Crippen LogP contribution < -0.4 is 5.30 Å². The molecule has 0 saturated heterocycles. The Bertz CT molecular complexity index is 656. The number of aryl methyl sites for hydroxylation is 2. The zero-order valence-electron chi connectivity index (χ0n) is 11.6. The van der Waals surface area contributed by atoms with Crippen LogP contribution in [-0.2, 0) is 0 Å². The SMILES string of the molecule is Cc1ccc(P(C(=O)c2ccccc2)C(F)(F)F)c(C)c1.[LiH]. The van der Waals surface area contributed by atoms with E-state index in [2.05, 4.69) is 0 Å². The first-order valence-corrected chi connectivity index (χ1v) is 7.68. The summed E-state index contributed by atoms with van der Waals surface area (Å²) in [5.74, 6) is -4.55. The molecule has 0 aliphatic carbocycles. The number of carbonyl (C=O) groups excluding carboxylic acids is 1. The average molecular weight is 318 g/mol. The van der Waals surface area contributed by atoms with Crippen LogP contribution in [0.25, 0.3) is 0 Å². The molecule has 0 aromatic heterocycles. The van der Waals surface area contributed by atoms with Gasteiger partial charge in [0.2, 0.25) is 0 Å². The summed E-state index contributed by atoms with van der Waals surface area (Å²) in [5, 5.41) is 0.0805. The van der Waals surface area contributed by atoms with Gasteiger partial charge in [0.1, 0.15) is 7.92 Å². The summed E-state index contributed by atoms with van der Waals surface area (Å²) in [5.41, 5.74) is 0.620. The number of benzene rings is 2. The van der Waals surface area contributed by atoms with Gasteiger partial charge in [0, 0.05) is 5.56 Å². The summed E-state index contributed by atoms with van der Waals surface area (Å²) in [4.78, 5) is 12.3. The van der Waals surface area contributed by atoms with Crippen LogP contribution in [0.1, 0.15) is 21.5 Å². The molecular formula is C16H15F3LiOP. The van der Waals surface area contributed by atoms with Crippen LogP contribution in [0.2, 0.25) is 0 Å². The molecule has 112 valence electrons. The third-order valence-corrected chi connectivity index (χ3v) is 5.23. The van der Waals surface area contributed by atoms with Crippen LogP contribution in [0.3, 0.4) is 0 Å². The van der Waals surface area contributed by atoms with Gasteiger partial charge in [0.15, 0.2) is 5.52 Å². The van der Waals surface area contributed by atoms with Crippen molar-refractivity contribution in [1.82, 2.24) is 0 Å². The minimum absolute atomic E-state index is 0. The predicted molar refractivity (Wildman–Crippen MR) is 86.4 cm³/mol. The first kappa shape index (κ1) is 19.0. The fraction of sp³-hybridized carbons (Fsp3) is 0.188. The molecule has 22 heavy (non-hydrogen) atoms. The summed E-state index contributed by atoms with van der Waals surface area (Å²) in [6, 6.07) is 12.4. The summed E-state index contributed by atoms with van der Waals surface area (Å²) in [7, 11) is -2.91. The Morgan fingerprint density at radius 1 is 1.00 bits per heavy atom. The molecule has 0 amide bonds. The van der Waals surface area contributed by atoms with Crippen molar-refractivity contribution in [2.45, 2.75) is 19.8 Å². The minimum atomic E-state index is -4.55. The molecule has 0 aliphatic heterocycles. The molecule has 1 nitrogen and oxygen atoms in total. The van der Waals surface area contributed by atoms with E-state index in [0.717, 1.165) is 5.56 Å². The normalized spacial score (nSPS) is 12.4. The third-order valence-electron chi connectivity index (χ3n) is 3.07. The molecule has 0 aliphatic rings. The van der Waals surface area contributed by atoms with Crippen molar-refractivity contribution in [3.05, 3.63) is 65.2 Å². The molecule has 0 bridgehead atoms. The molecule has 0 radical (unpaired) electrons. The maximum atomic E-state index is 13.4. The Labute approximate surface area is 140 Å². The summed E-state index contributed by atoms with van der Waals surface area (Å²) in [6.45, 7) is 3.42. The van der Waals surface area contributed by atoms with Crippen molar-refractivity contribution >= 4 is 37.6 Å². The molecule has 2 rings (SSSR count). The average Bonchev–Trinajstić information content (AvgIpc) is 2.41. The zero-order valence-corrected chi connectivity index (χ0v) is 12.5. The number of carbonyl (C=O) groups is 1. The molecule has 0 spiro atoms. The van der Waals surface area contributed by atoms with Crippen LogP contribution in [-0.4, -0.2) is 30.3 Å². The molecule has 0 heterocycles. The molecular weight excluding hydrogens is 303 g/mol. The van der Waals surface area contributed by atoms with Crippen LogP contribution in [0.5, 0.6) is 0 Å². The van der Waals surface area contributed by atoms with Gasteiger partial charge in [-0.05, 0) is 24.7 Å². The van der Waals surface area contributed by atoms with E-state index >= 15 is 0 Å². The molecule has 1 atom stereocenters. The van der Waals surface area contributed by atoms with Crippen molar-refractivity contribution in [2.75, 3.05) is 0 Å². The molecule has 6 heteroatoms. The van der Waals surface area contributed by atoms with E-state index < -0.39 is 19.4 Å². The summed E-state index contributed by atoms with van der Waals surface area (Å²) >= 11 is 0. The zero-order chi connectivity index (χ0) is 15.6. The Balaban J connectivity index is 0.00000242. The molecule has 0 fully saturated rings. The predicted octanol–water partition coefficient (Wildman–Crippen LogP) is 4.12. The van der Waals surface area contributed by atoms with E-state index in [1.54, 1.807) is 37.3 Å². The van der Waals surface area contributed by atoms with Gasteiger partial charge in [-0.3, -0.25) is 4.79 Å². The van der Waals surface area contributed by atoms with E-state index in [-0.39, 0.29) is 29.7 Å². The Kier molecular flexibility index (Phi) is 6.44. The second-order valence-electron chi connectivity index (χ2n) is 4.76. The number of halogens is 3. The van der Waals surface area contributed by atoms with Crippen LogP contribution in [0.4, 0.5) is 13.2 Å². The summed E-state index contributed by atoms with van der Waals surface area (Å²) in [6.07, 6.45) is 0. The standard InChI is InChI=1S/C16H14F3OP.Li.H/c1-11-8-9-14(12(2)10-11)21(16(17,18)19)15(20)13-6-4-3-5-7-13;;/h3-10H,1-2H3;;. The monoisotopic (exact) mass is 318 g/mol. The number of alkyl halides is 3. The Morgan fingerprint density at radius 2 is 1.59 bits per heavy atom. The molecule has 2 aromatic carbocycles. The van der Waals surface area contributed by atoms with E-state index in [9.17, 15) is 18.0 Å². The van der Waals surface area contributed by atoms with Gasteiger partial charge < -0.3 is 0 Å². The van der Waals surface area contributed by atoms with E-state index in [1.165, 1.54) is 18.2 Å². The van der Waals surface area contributed by atoms with Gasteiger partial charge in [-0.1, -0.05) is 54.1 Å². The van der Waals surface area contributed by atoms with Crippen molar-refractivity contribution in [2.24, 2.45) is 0 Å². The van der Waals surface area contributed by atoms with Gasteiger partial charge in [-0.25, -0.2) is 0 Å². The second kappa shape index (κ2) is 7.46. The first-order chi connectivity index (χ1) is 9.80. The van der Waals surface area contributed by atoms with E-state index in [0.29, 0.717) is 5.56 Å². The van der Waals surface area contributed by atoms with Crippen molar-refractivity contribution in [1.29, 1.82) is 0 Å². The van der Waals surface area contributed by atoms with E-state index in [4.69, 9.17) is 0 Å². The maximum absolute atomic E-state index is 13.4. The number of hydrogen-bond acceptors (Lipinski definition) is 1. The van der Waals surface area contributed by atoms with Gasteiger partial charge in [-0.15, -0.1) is 0 Å². The quantitative estimate of drug-likeness (QED) is 0.614. The number of rotatable bonds is 3. The fourth-order valence-electron chi connectivity index (χ4n) is 2.13. The summed E-state index contributed by atoms with van der Waals surface area (Å²) < 4.78 is 40.3.